The number of sulfonamides is 1. The van der Waals surface area contributed by atoms with E-state index in [4.69, 9.17) is 0 Å². The summed E-state index contributed by atoms with van der Waals surface area (Å²) < 4.78 is 41.8. The maximum absolute atomic E-state index is 13.6. The largest absolute Gasteiger partial charge is 0.351 e. The van der Waals surface area contributed by atoms with Gasteiger partial charge in [-0.1, -0.05) is 24.3 Å². The minimum Gasteiger partial charge on any atom is -0.351 e. The van der Waals surface area contributed by atoms with Crippen molar-refractivity contribution in [2.45, 2.75) is 52.1 Å². The van der Waals surface area contributed by atoms with Gasteiger partial charge in [0.25, 0.3) is 0 Å². The number of carbonyl (C=O) groups is 1. The lowest BCUT2D eigenvalue weighted by molar-refractivity contribution is -0.122. The first-order chi connectivity index (χ1) is 12.5. The highest BCUT2D eigenvalue weighted by Crippen LogP contribution is 2.26. The Hall–Kier alpha value is -2.25. The molecule has 2 aromatic rings. The second-order valence-electron chi connectivity index (χ2n) is 6.74. The van der Waals surface area contributed by atoms with Gasteiger partial charge in [-0.2, -0.15) is 4.72 Å². The number of hydrogen-bond acceptors (Lipinski definition) is 3. The Kier molecular flexibility index (Phi) is 6.38. The molecule has 1 atom stereocenters. The summed E-state index contributed by atoms with van der Waals surface area (Å²) in [7, 11) is -3.89. The average Bonchev–Trinajstić information content (AvgIpc) is 2.58. The number of carbonyl (C=O) groups excluding carboxylic acids is 1. The highest BCUT2D eigenvalue weighted by atomic mass is 32.2. The van der Waals surface area contributed by atoms with E-state index < -0.39 is 27.8 Å². The monoisotopic (exact) mass is 392 g/mol. The van der Waals surface area contributed by atoms with Crippen molar-refractivity contribution in [1.29, 1.82) is 0 Å². The Morgan fingerprint density at radius 3 is 2.19 bits per heavy atom. The molecule has 0 saturated heterocycles. The molecule has 2 rings (SSSR count). The van der Waals surface area contributed by atoms with E-state index in [1.54, 1.807) is 32.0 Å². The highest BCUT2D eigenvalue weighted by molar-refractivity contribution is 7.89. The fraction of sp³-hybridized carbons (Fsp3) is 0.350. The number of rotatable bonds is 6. The predicted octanol–water partition coefficient (Wildman–Crippen LogP) is 3.04. The van der Waals surface area contributed by atoms with Gasteiger partial charge in [0.1, 0.15) is 5.82 Å². The summed E-state index contributed by atoms with van der Waals surface area (Å²) in [6.45, 7) is 8.65. The molecule has 0 radical (unpaired) electrons. The third-order valence-corrected chi connectivity index (χ3v) is 6.52. The Labute approximate surface area is 160 Å². The molecule has 0 fully saturated rings. The molecule has 5 nitrogen and oxygen atoms in total. The summed E-state index contributed by atoms with van der Waals surface area (Å²) >= 11 is 0. The van der Waals surface area contributed by atoms with Gasteiger partial charge in [-0.25, -0.2) is 12.8 Å². The van der Waals surface area contributed by atoms with E-state index in [1.807, 2.05) is 19.9 Å². The van der Waals surface area contributed by atoms with Crippen LogP contribution in [0.2, 0.25) is 0 Å². The number of hydrogen-bond donors (Lipinski definition) is 2. The lowest BCUT2D eigenvalue weighted by Crippen LogP contribution is -2.44. The van der Waals surface area contributed by atoms with Crippen LogP contribution < -0.4 is 10.0 Å². The SMILES string of the molecule is Cc1cc(C)c(C)c(S(=O)(=O)N[C@H](C)C(=O)NCc2ccccc2F)c1C. The van der Waals surface area contributed by atoms with E-state index in [1.165, 1.54) is 13.0 Å². The van der Waals surface area contributed by atoms with Crippen molar-refractivity contribution in [3.8, 4) is 0 Å². The van der Waals surface area contributed by atoms with Crippen molar-refractivity contribution in [2.24, 2.45) is 0 Å². The van der Waals surface area contributed by atoms with Crippen molar-refractivity contribution >= 4 is 15.9 Å². The zero-order valence-corrected chi connectivity index (χ0v) is 17.0. The van der Waals surface area contributed by atoms with Crippen LogP contribution >= 0.6 is 0 Å². The van der Waals surface area contributed by atoms with Crippen LogP contribution in [0.25, 0.3) is 0 Å². The number of aryl methyl sites for hydroxylation is 2. The summed E-state index contributed by atoms with van der Waals surface area (Å²) in [6, 6.07) is 7.04. The average molecular weight is 392 g/mol. The maximum atomic E-state index is 13.6. The molecule has 1 amide bonds. The Bertz CT molecular complexity index is 945. The summed E-state index contributed by atoms with van der Waals surface area (Å²) in [5.41, 5.74) is 3.39. The quantitative estimate of drug-likeness (QED) is 0.793. The van der Waals surface area contributed by atoms with Crippen LogP contribution in [0.4, 0.5) is 4.39 Å². The number of halogens is 1. The first-order valence-corrected chi connectivity index (χ1v) is 10.1. The zero-order chi connectivity index (χ0) is 20.4. The minimum atomic E-state index is -3.89. The Morgan fingerprint density at radius 2 is 1.63 bits per heavy atom. The Morgan fingerprint density at radius 1 is 1.07 bits per heavy atom. The molecular weight excluding hydrogens is 367 g/mol. The van der Waals surface area contributed by atoms with E-state index in [-0.39, 0.29) is 11.4 Å². The van der Waals surface area contributed by atoms with Gasteiger partial charge in [0, 0.05) is 12.1 Å². The van der Waals surface area contributed by atoms with Crippen LogP contribution in [0, 0.1) is 33.5 Å². The number of nitrogens with one attached hydrogen (secondary N) is 2. The molecule has 0 aromatic heterocycles. The van der Waals surface area contributed by atoms with E-state index in [2.05, 4.69) is 10.0 Å². The van der Waals surface area contributed by atoms with Gasteiger partial charge in [-0.15, -0.1) is 0 Å². The van der Waals surface area contributed by atoms with Gasteiger partial charge in [0.15, 0.2) is 0 Å². The van der Waals surface area contributed by atoms with Gasteiger partial charge >= 0.3 is 0 Å². The molecular formula is C20H25FN2O3S. The first-order valence-electron chi connectivity index (χ1n) is 8.65. The fourth-order valence-corrected chi connectivity index (χ4v) is 4.72. The van der Waals surface area contributed by atoms with Crippen molar-refractivity contribution in [3.05, 3.63) is 64.0 Å². The van der Waals surface area contributed by atoms with Crippen LogP contribution in [0.1, 0.15) is 34.7 Å². The van der Waals surface area contributed by atoms with Crippen LogP contribution in [0.15, 0.2) is 35.2 Å². The van der Waals surface area contributed by atoms with Gasteiger partial charge in [-0.05, 0) is 62.9 Å². The van der Waals surface area contributed by atoms with Crippen molar-refractivity contribution in [2.75, 3.05) is 0 Å². The van der Waals surface area contributed by atoms with Crippen LogP contribution in [-0.2, 0) is 21.4 Å². The summed E-state index contributed by atoms with van der Waals surface area (Å²) in [5.74, 6) is -0.950. The van der Waals surface area contributed by atoms with E-state index in [9.17, 15) is 17.6 Å². The summed E-state index contributed by atoms with van der Waals surface area (Å²) in [5, 5.41) is 2.56. The highest BCUT2D eigenvalue weighted by Gasteiger charge is 2.26. The second kappa shape index (κ2) is 8.19. The summed E-state index contributed by atoms with van der Waals surface area (Å²) in [4.78, 5) is 12.5. The summed E-state index contributed by atoms with van der Waals surface area (Å²) in [6.07, 6.45) is 0. The van der Waals surface area contributed by atoms with Gasteiger partial charge in [0.2, 0.25) is 15.9 Å². The van der Waals surface area contributed by atoms with Gasteiger partial charge in [-0.3, -0.25) is 4.79 Å². The van der Waals surface area contributed by atoms with E-state index in [0.29, 0.717) is 16.7 Å². The fourth-order valence-electron chi connectivity index (χ4n) is 2.91. The normalized spacial score (nSPS) is 12.7. The molecule has 0 aliphatic heterocycles. The molecule has 27 heavy (non-hydrogen) atoms. The van der Waals surface area contributed by atoms with Crippen LogP contribution in [-0.4, -0.2) is 20.4 Å². The standard InChI is InChI=1S/C20H25FN2O3S/c1-12-10-13(2)15(4)19(14(12)3)27(25,26)23-16(5)20(24)22-11-17-8-6-7-9-18(17)21/h6-10,16,23H,11H2,1-5H3,(H,22,24)/t16-/m1/s1. The van der Waals surface area contributed by atoms with Crippen molar-refractivity contribution in [3.63, 3.8) is 0 Å². The number of benzene rings is 2. The molecule has 0 bridgehead atoms. The molecule has 2 N–H and O–H groups in total. The molecule has 0 aliphatic rings. The van der Waals surface area contributed by atoms with Crippen LogP contribution in [0.3, 0.4) is 0 Å². The minimum absolute atomic E-state index is 0.0147. The van der Waals surface area contributed by atoms with Gasteiger partial charge in [0.05, 0.1) is 10.9 Å². The smallest absolute Gasteiger partial charge is 0.241 e. The lowest BCUT2D eigenvalue weighted by atomic mass is 10.0. The van der Waals surface area contributed by atoms with Gasteiger partial charge < -0.3 is 5.32 Å². The maximum Gasteiger partial charge on any atom is 0.241 e. The molecule has 0 heterocycles. The third kappa shape index (κ3) is 4.73. The predicted molar refractivity (Wildman–Crippen MR) is 103 cm³/mol. The van der Waals surface area contributed by atoms with Crippen LogP contribution in [0.5, 0.6) is 0 Å². The molecule has 0 unspecified atom stereocenters. The first kappa shape index (κ1) is 21.1. The van der Waals surface area contributed by atoms with Crippen molar-refractivity contribution < 1.29 is 17.6 Å². The third-order valence-electron chi connectivity index (χ3n) is 4.70. The number of amides is 1. The Balaban J connectivity index is 2.16. The lowest BCUT2D eigenvalue weighted by Gasteiger charge is -2.19. The second-order valence-corrected chi connectivity index (χ2v) is 8.39. The molecule has 0 saturated carbocycles. The molecule has 0 spiro atoms. The zero-order valence-electron chi connectivity index (χ0n) is 16.2. The molecule has 7 heteroatoms. The molecule has 146 valence electrons. The van der Waals surface area contributed by atoms with E-state index >= 15 is 0 Å². The molecule has 2 aromatic carbocycles. The van der Waals surface area contributed by atoms with E-state index in [0.717, 1.165) is 11.1 Å². The topological polar surface area (TPSA) is 75.3 Å². The molecule has 0 aliphatic carbocycles. The van der Waals surface area contributed by atoms with Crippen molar-refractivity contribution in [1.82, 2.24) is 10.0 Å².